The molecule has 0 aliphatic carbocycles. The molecule has 1 fully saturated rings. The number of hydrogen-bond acceptors (Lipinski definition) is 3. The molecule has 0 unspecified atom stereocenters. The summed E-state index contributed by atoms with van der Waals surface area (Å²) in [6.45, 7) is 2.42. The lowest BCUT2D eigenvalue weighted by atomic mass is 9.89. The maximum atomic E-state index is 12.7. The highest BCUT2D eigenvalue weighted by Crippen LogP contribution is 2.33. The van der Waals surface area contributed by atoms with E-state index >= 15 is 0 Å². The first kappa shape index (κ1) is 15.3. The summed E-state index contributed by atoms with van der Waals surface area (Å²) in [5, 5.41) is 13.7. The molecule has 1 aromatic carbocycles. The lowest BCUT2D eigenvalue weighted by Crippen LogP contribution is -2.30. The van der Waals surface area contributed by atoms with Crippen LogP contribution in [0.2, 0.25) is 0 Å². The highest BCUT2D eigenvalue weighted by molar-refractivity contribution is 5.95. The van der Waals surface area contributed by atoms with Gasteiger partial charge in [-0.3, -0.25) is 14.3 Å². The van der Waals surface area contributed by atoms with Gasteiger partial charge in [0.05, 0.1) is 17.2 Å². The van der Waals surface area contributed by atoms with E-state index in [2.05, 4.69) is 5.10 Å². The maximum Gasteiger partial charge on any atom is 0.308 e. The molecule has 6 nitrogen and oxygen atoms in total. The fourth-order valence-electron chi connectivity index (χ4n) is 3.24. The Labute approximate surface area is 134 Å². The van der Waals surface area contributed by atoms with E-state index in [1.807, 2.05) is 30.3 Å². The van der Waals surface area contributed by atoms with Crippen molar-refractivity contribution in [3.8, 4) is 0 Å². The van der Waals surface area contributed by atoms with Crippen molar-refractivity contribution in [3.63, 3.8) is 0 Å². The minimum atomic E-state index is -0.864. The second kappa shape index (κ2) is 5.87. The van der Waals surface area contributed by atoms with Crippen molar-refractivity contribution in [2.45, 2.75) is 12.8 Å². The van der Waals surface area contributed by atoms with Gasteiger partial charge in [0.25, 0.3) is 5.91 Å². The van der Waals surface area contributed by atoms with Crippen LogP contribution in [0.1, 0.15) is 27.5 Å². The zero-order valence-corrected chi connectivity index (χ0v) is 13.1. The average Bonchev–Trinajstić information content (AvgIpc) is 3.11. The van der Waals surface area contributed by atoms with Crippen molar-refractivity contribution in [3.05, 3.63) is 53.3 Å². The van der Waals surface area contributed by atoms with Crippen LogP contribution in [0.25, 0.3) is 0 Å². The van der Waals surface area contributed by atoms with E-state index in [-0.39, 0.29) is 18.4 Å². The van der Waals surface area contributed by atoms with Crippen LogP contribution in [-0.2, 0) is 11.8 Å². The van der Waals surface area contributed by atoms with Crippen molar-refractivity contribution in [1.29, 1.82) is 0 Å². The molecular formula is C17H19N3O3. The Kier molecular flexibility index (Phi) is 3.90. The molecule has 1 aliphatic rings. The smallest absolute Gasteiger partial charge is 0.308 e. The molecule has 1 aromatic heterocycles. The number of nitrogens with zero attached hydrogens (tertiary/aromatic N) is 3. The molecule has 120 valence electrons. The normalized spacial score (nSPS) is 20.7. The Morgan fingerprint density at radius 2 is 1.91 bits per heavy atom. The standard InChI is InChI=1S/C17H19N3O3/c1-11-13(8-19(2)18-11)16(21)20-9-14(15(10-20)17(22)23)12-6-4-3-5-7-12/h3-8,14-15H,9-10H2,1-2H3,(H,22,23)/t14-,15-/m0/s1. The number of carboxylic acids is 1. The van der Waals surface area contributed by atoms with E-state index in [0.29, 0.717) is 17.8 Å². The molecule has 1 N–H and O–H groups in total. The van der Waals surface area contributed by atoms with Gasteiger partial charge in [0.1, 0.15) is 0 Å². The summed E-state index contributed by atoms with van der Waals surface area (Å²) in [5.41, 5.74) is 2.15. The third kappa shape index (κ3) is 2.84. The first-order valence-electron chi connectivity index (χ1n) is 7.54. The highest BCUT2D eigenvalue weighted by atomic mass is 16.4. The number of likely N-dealkylation sites (tertiary alicyclic amines) is 1. The van der Waals surface area contributed by atoms with Crippen LogP contribution in [0.3, 0.4) is 0 Å². The quantitative estimate of drug-likeness (QED) is 0.935. The van der Waals surface area contributed by atoms with E-state index in [1.165, 1.54) is 0 Å². The Balaban J connectivity index is 1.87. The van der Waals surface area contributed by atoms with Crippen molar-refractivity contribution in [1.82, 2.24) is 14.7 Å². The molecule has 1 aliphatic heterocycles. The number of carbonyl (C=O) groups excluding carboxylic acids is 1. The van der Waals surface area contributed by atoms with Crippen molar-refractivity contribution >= 4 is 11.9 Å². The monoisotopic (exact) mass is 313 g/mol. The van der Waals surface area contributed by atoms with E-state index in [1.54, 1.807) is 29.7 Å². The van der Waals surface area contributed by atoms with Crippen molar-refractivity contribution in [2.75, 3.05) is 13.1 Å². The molecule has 0 radical (unpaired) electrons. The van der Waals surface area contributed by atoms with Crippen LogP contribution in [-0.4, -0.2) is 44.8 Å². The number of hydrogen-bond donors (Lipinski definition) is 1. The van der Waals surface area contributed by atoms with Gasteiger partial charge in [0.15, 0.2) is 0 Å². The summed E-state index contributed by atoms with van der Waals surface area (Å²) < 4.78 is 1.60. The molecule has 2 atom stereocenters. The summed E-state index contributed by atoms with van der Waals surface area (Å²) in [6.07, 6.45) is 1.68. The summed E-state index contributed by atoms with van der Waals surface area (Å²) in [7, 11) is 1.76. The van der Waals surface area contributed by atoms with Gasteiger partial charge < -0.3 is 10.0 Å². The lowest BCUT2D eigenvalue weighted by Gasteiger charge is -2.16. The van der Waals surface area contributed by atoms with Crippen LogP contribution in [0.5, 0.6) is 0 Å². The number of carbonyl (C=O) groups is 2. The molecule has 0 saturated carbocycles. The van der Waals surface area contributed by atoms with E-state index < -0.39 is 11.9 Å². The molecule has 3 rings (SSSR count). The Morgan fingerprint density at radius 1 is 1.22 bits per heavy atom. The third-order valence-electron chi connectivity index (χ3n) is 4.40. The van der Waals surface area contributed by atoms with Crippen LogP contribution >= 0.6 is 0 Å². The summed E-state index contributed by atoms with van der Waals surface area (Å²) in [5.74, 6) is -1.79. The van der Waals surface area contributed by atoms with E-state index in [9.17, 15) is 14.7 Å². The molecule has 0 bridgehead atoms. The van der Waals surface area contributed by atoms with Crippen LogP contribution in [0, 0.1) is 12.8 Å². The molecule has 1 saturated heterocycles. The van der Waals surface area contributed by atoms with Gasteiger partial charge in [0.2, 0.25) is 0 Å². The van der Waals surface area contributed by atoms with Crippen LogP contribution in [0.15, 0.2) is 36.5 Å². The van der Waals surface area contributed by atoms with Crippen molar-refractivity contribution < 1.29 is 14.7 Å². The summed E-state index contributed by atoms with van der Waals surface area (Å²) in [6, 6.07) is 9.53. The van der Waals surface area contributed by atoms with Gasteiger partial charge in [0, 0.05) is 32.3 Å². The summed E-state index contributed by atoms with van der Waals surface area (Å²) in [4.78, 5) is 25.9. The summed E-state index contributed by atoms with van der Waals surface area (Å²) >= 11 is 0. The number of aromatic nitrogens is 2. The third-order valence-corrected chi connectivity index (χ3v) is 4.40. The molecule has 6 heteroatoms. The van der Waals surface area contributed by atoms with E-state index in [4.69, 9.17) is 0 Å². The van der Waals surface area contributed by atoms with Crippen molar-refractivity contribution in [2.24, 2.45) is 13.0 Å². The zero-order chi connectivity index (χ0) is 16.6. The van der Waals surface area contributed by atoms with Gasteiger partial charge in [-0.2, -0.15) is 5.10 Å². The minimum absolute atomic E-state index is 0.153. The van der Waals surface area contributed by atoms with Gasteiger partial charge in [-0.25, -0.2) is 0 Å². The fraction of sp³-hybridized carbons (Fsp3) is 0.353. The van der Waals surface area contributed by atoms with E-state index in [0.717, 1.165) is 5.56 Å². The predicted octanol–water partition coefficient (Wildman–Crippen LogP) is 1.67. The maximum absolute atomic E-state index is 12.7. The largest absolute Gasteiger partial charge is 0.481 e. The SMILES string of the molecule is Cc1nn(C)cc1C(=O)N1C[C@H](C(=O)O)[C@H](c2ccccc2)C1. The Hall–Kier alpha value is -2.63. The topological polar surface area (TPSA) is 75.4 Å². The second-order valence-corrected chi connectivity index (χ2v) is 5.97. The number of carboxylic acid groups (broad SMARTS) is 1. The minimum Gasteiger partial charge on any atom is -0.481 e. The van der Waals surface area contributed by atoms with Crippen LogP contribution in [0.4, 0.5) is 0 Å². The first-order chi connectivity index (χ1) is 11.0. The number of amides is 1. The number of aryl methyl sites for hydroxylation is 2. The molecule has 0 spiro atoms. The molecular weight excluding hydrogens is 294 g/mol. The van der Waals surface area contributed by atoms with Gasteiger partial charge >= 0.3 is 5.97 Å². The number of rotatable bonds is 3. The Morgan fingerprint density at radius 3 is 2.48 bits per heavy atom. The predicted molar refractivity (Wildman–Crippen MR) is 84.2 cm³/mol. The second-order valence-electron chi connectivity index (χ2n) is 5.97. The molecule has 23 heavy (non-hydrogen) atoms. The molecule has 2 aromatic rings. The molecule has 1 amide bonds. The average molecular weight is 313 g/mol. The van der Waals surface area contributed by atoms with Gasteiger partial charge in [-0.05, 0) is 12.5 Å². The first-order valence-corrected chi connectivity index (χ1v) is 7.54. The van der Waals surface area contributed by atoms with Gasteiger partial charge in [-0.1, -0.05) is 30.3 Å². The Bertz CT molecular complexity index is 739. The van der Waals surface area contributed by atoms with Gasteiger partial charge in [-0.15, -0.1) is 0 Å². The number of benzene rings is 1. The zero-order valence-electron chi connectivity index (χ0n) is 13.1. The lowest BCUT2D eigenvalue weighted by molar-refractivity contribution is -0.141. The highest BCUT2D eigenvalue weighted by Gasteiger charge is 2.41. The number of aliphatic carboxylic acids is 1. The van der Waals surface area contributed by atoms with Crippen LogP contribution < -0.4 is 0 Å². The fourth-order valence-corrected chi connectivity index (χ4v) is 3.24. The molecule has 2 heterocycles.